The van der Waals surface area contributed by atoms with Crippen molar-refractivity contribution in [2.45, 2.75) is 25.0 Å². The van der Waals surface area contributed by atoms with E-state index in [1.165, 1.54) is 12.1 Å². The van der Waals surface area contributed by atoms with Gasteiger partial charge in [-0.2, -0.15) is 0 Å². The minimum absolute atomic E-state index is 0.145. The maximum atomic E-state index is 12.9. The second-order valence-corrected chi connectivity index (χ2v) is 4.21. The van der Waals surface area contributed by atoms with E-state index in [4.69, 9.17) is 10.5 Å². The Hall–Kier alpha value is -1.13. The third kappa shape index (κ3) is 2.71. The van der Waals surface area contributed by atoms with Gasteiger partial charge in [0.25, 0.3) is 0 Å². The predicted octanol–water partition coefficient (Wildman–Crippen LogP) is 1.30. The maximum Gasteiger partial charge on any atom is 0.137 e. The van der Waals surface area contributed by atoms with E-state index >= 15 is 0 Å². The molecule has 1 aliphatic carbocycles. The summed E-state index contributed by atoms with van der Waals surface area (Å²) in [6.07, 6.45) is 1.73. The molecular weight excluding hydrogens is 209 g/mol. The van der Waals surface area contributed by atoms with Gasteiger partial charge in [0, 0.05) is 12.1 Å². The first-order valence-electron chi connectivity index (χ1n) is 5.49. The van der Waals surface area contributed by atoms with Gasteiger partial charge < -0.3 is 15.6 Å². The Labute approximate surface area is 94.0 Å². The number of rotatable bonds is 5. The summed E-state index contributed by atoms with van der Waals surface area (Å²) in [5.41, 5.74) is 5.94. The van der Waals surface area contributed by atoms with Crippen molar-refractivity contribution in [2.24, 2.45) is 11.7 Å². The van der Waals surface area contributed by atoms with Crippen molar-refractivity contribution in [3.8, 4) is 5.75 Å². The van der Waals surface area contributed by atoms with Gasteiger partial charge in [0.15, 0.2) is 0 Å². The van der Waals surface area contributed by atoms with Crippen LogP contribution in [0.3, 0.4) is 0 Å². The molecule has 2 unspecified atom stereocenters. The van der Waals surface area contributed by atoms with E-state index in [-0.39, 0.29) is 18.5 Å². The van der Waals surface area contributed by atoms with Crippen LogP contribution in [0.4, 0.5) is 4.39 Å². The number of ether oxygens (including phenoxy) is 1. The molecule has 1 aliphatic rings. The Balaban J connectivity index is 2.00. The number of hydrogen-bond acceptors (Lipinski definition) is 3. The first-order valence-corrected chi connectivity index (χ1v) is 5.49. The van der Waals surface area contributed by atoms with E-state index in [0.717, 1.165) is 12.8 Å². The Morgan fingerprint density at radius 1 is 1.50 bits per heavy atom. The number of aliphatic hydroxyl groups is 1. The fourth-order valence-electron chi connectivity index (χ4n) is 1.74. The van der Waals surface area contributed by atoms with Crippen molar-refractivity contribution in [1.29, 1.82) is 0 Å². The van der Waals surface area contributed by atoms with Crippen LogP contribution in [-0.2, 0) is 0 Å². The van der Waals surface area contributed by atoms with Crippen LogP contribution in [0.5, 0.6) is 5.75 Å². The van der Waals surface area contributed by atoms with Gasteiger partial charge in [-0.3, -0.25) is 0 Å². The lowest BCUT2D eigenvalue weighted by Crippen LogP contribution is -2.43. The summed E-state index contributed by atoms with van der Waals surface area (Å²) in [4.78, 5) is 0. The summed E-state index contributed by atoms with van der Waals surface area (Å²) in [5, 5.41) is 9.20. The average Bonchev–Trinajstić information content (AvgIpc) is 3.09. The van der Waals surface area contributed by atoms with E-state index in [0.29, 0.717) is 11.7 Å². The van der Waals surface area contributed by atoms with E-state index in [9.17, 15) is 9.50 Å². The third-order valence-corrected chi connectivity index (χ3v) is 2.86. The Morgan fingerprint density at radius 2 is 2.25 bits per heavy atom. The van der Waals surface area contributed by atoms with Gasteiger partial charge >= 0.3 is 0 Å². The van der Waals surface area contributed by atoms with Gasteiger partial charge in [-0.05, 0) is 30.9 Å². The molecule has 0 aliphatic heterocycles. The molecule has 3 N–H and O–H groups in total. The second kappa shape index (κ2) is 4.80. The molecule has 1 saturated carbocycles. The van der Waals surface area contributed by atoms with Gasteiger partial charge in [0.05, 0.1) is 6.61 Å². The molecule has 3 nitrogen and oxygen atoms in total. The summed E-state index contributed by atoms with van der Waals surface area (Å²) in [7, 11) is 0. The molecule has 1 fully saturated rings. The van der Waals surface area contributed by atoms with E-state index in [2.05, 4.69) is 0 Å². The largest absolute Gasteiger partial charge is 0.486 e. The standard InChI is InChI=1S/C12H16FNO2/c13-9-2-1-3-10(6-9)16-11(7-15)12(14)8-4-5-8/h1-3,6,8,11-12,15H,4-5,7,14H2. The molecule has 2 atom stereocenters. The van der Waals surface area contributed by atoms with E-state index in [1.54, 1.807) is 12.1 Å². The monoisotopic (exact) mass is 225 g/mol. The van der Waals surface area contributed by atoms with Gasteiger partial charge in [-0.1, -0.05) is 6.07 Å². The van der Waals surface area contributed by atoms with E-state index in [1.807, 2.05) is 0 Å². The van der Waals surface area contributed by atoms with Crippen LogP contribution >= 0.6 is 0 Å². The van der Waals surface area contributed by atoms with Crippen molar-refractivity contribution >= 4 is 0 Å². The average molecular weight is 225 g/mol. The number of benzene rings is 1. The molecule has 1 aromatic carbocycles. The number of halogens is 1. The van der Waals surface area contributed by atoms with Crippen molar-refractivity contribution in [1.82, 2.24) is 0 Å². The molecule has 4 heteroatoms. The topological polar surface area (TPSA) is 55.5 Å². The fourth-order valence-corrected chi connectivity index (χ4v) is 1.74. The molecule has 1 aromatic rings. The minimum atomic E-state index is -0.450. The summed E-state index contributed by atoms with van der Waals surface area (Å²) in [5.74, 6) is 0.495. The molecule has 0 heterocycles. The SMILES string of the molecule is NC(C1CC1)C(CO)Oc1cccc(F)c1. The maximum absolute atomic E-state index is 12.9. The van der Waals surface area contributed by atoms with Crippen LogP contribution in [0.1, 0.15) is 12.8 Å². The van der Waals surface area contributed by atoms with Gasteiger partial charge in [0.2, 0.25) is 0 Å². The van der Waals surface area contributed by atoms with Crippen molar-refractivity contribution in [3.05, 3.63) is 30.1 Å². The smallest absolute Gasteiger partial charge is 0.137 e. The molecule has 0 amide bonds. The van der Waals surface area contributed by atoms with Gasteiger partial charge in [0.1, 0.15) is 17.7 Å². The first kappa shape index (κ1) is 11.4. The number of aliphatic hydroxyl groups excluding tert-OH is 1. The van der Waals surface area contributed by atoms with Crippen LogP contribution in [0.25, 0.3) is 0 Å². The summed E-state index contributed by atoms with van der Waals surface area (Å²) in [6, 6.07) is 5.70. The van der Waals surface area contributed by atoms with Crippen LogP contribution in [-0.4, -0.2) is 23.9 Å². The normalized spacial score (nSPS) is 19.2. The summed E-state index contributed by atoms with van der Waals surface area (Å²) < 4.78 is 18.4. The number of nitrogens with two attached hydrogens (primary N) is 1. The lowest BCUT2D eigenvalue weighted by molar-refractivity contribution is 0.0879. The molecule has 0 saturated heterocycles. The molecule has 2 rings (SSSR count). The second-order valence-electron chi connectivity index (χ2n) is 4.21. The molecule has 0 spiro atoms. The fraction of sp³-hybridized carbons (Fsp3) is 0.500. The zero-order valence-electron chi connectivity index (χ0n) is 8.97. The Morgan fingerprint density at radius 3 is 2.81 bits per heavy atom. The van der Waals surface area contributed by atoms with Crippen LogP contribution < -0.4 is 10.5 Å². The van der Waals surface area contributed by atoms with Crippen molar-refractivity contribution in [2.75, 3.05) is 6.61 Å². The van der Waals surface area contributed by atoms with Crippen LogP contribution in [0, 0.1) is 11.7 Å². The highest BCUT2D eigenvalue weighted by molar-refractivity contribution is 5.23. The molecule has 16 heavy (non-hydrogen) atoms. The Bertz CT molecular complexity index is 355. The highest BCUT2D eigenvalue weighted by atomic mass is 19.1. The molecule has 0 bridgehead atoms. The zero-order valence-corrected chi connectivity index (χ0v) is 8.97. The first-order chi connectivity index (χ1) is 7.70. The molecular formula is C12H16FNO2. The lowest BCUT2D eigenvalue weighted by atomic mass is 10.1. The van der Waals surface area contributed by atoms with E-state index < -0.39 is 6.10 Å². The quantitative estimate of drug-likeness (QED) is 0.794. The van der Waals surface area contributed by atoms with Gasteiger partial charge in [-0.25, -0.2) is 4.39 Å². The zero-order chi connectivity index (χ0) is 11.5. The third-order valence-electron chi connectivity index (χ3n) is 2.86. The number of hydrogen-bond donors (Lipinski definition) is 2. The van der Waals surface area contributed by atoms with Crippen LogP contribution in [0.2, 0.25) is 0 Å². The molecule has 88 valence electrons. The van der Waals surface area contributed by atoms with Gasteiger partial charge in [-0.15, -0.1) is 0 Å². The summed E-state index contributed by atoms with van der Waals surface area (Å²) in [6.45, 7) is -0.145. The highest BCUT2D eigenvalue weighted by Crippen LogP contribution is 2.33. The van der Waals surface area contributed by atoms with Crippen molar-refractivity contribution < 1.29 is 14.2 Å². The molecule has 0 radical (unpaired) electrons. The lowest BCUT2D eigenvalue weighted by Gasteiger charge is -2.23. The molecule has 0 aromatic heterocycles. The Kier molecular flexibility index (Phi) is 3.41. The van der Waals surface area contributed by atoms with Crippen molar-refractivity contribution in [3.63, 3.8) is 0 Å². The predicted molar refractivity (Wildman–Crippen MR) is 58.6 cm³/mol. The minimum Gasteiger partial charge on any atom is -0.486 e. The van der Waals surface area contributed by atoms with Crippen LogP contribution in [0.15, 0.2) is 24.3 Å². The highest BCUT2D eigenvalue weighted by Gasteiger charge is 2.34. The summed E-state index contributed by atoms with van der Waals surface area (Å²) >= 11 is 0.